The van der Waals surface area contributed by atoms with Gasteiger partial charge in [0, 0.05) is 25.2 Å². The van der Waals surface area contributed by atoms with Crippen molar-refractivity contribution >= 4 is 17.5 Å². The molecule has 1 atom stereocenters. The van der Waals surface area contributed by atoms with E-state index in [-0.39, 0.29) is 17.7 Å². The first-order valence-corrected chi connectivity index (χ1v) is 8.63. The molecule has 1 N–H and O–H groups in total. The number of anilines is 1. The minimum absolute atomic E-state index is 0.00832. The minimum Gasteiger partial charge on any atom is -0.356 e. The fraction of sp³-hybridized carbons (Fsp3) is 0.579. The average molecular weight is 316 g/mol. The Morgan fingerprint density at radius 2 is 2.13 bits per heavy atom. The summed E-state index contributed by atoms with van der Waals surface area (Å²) in [6, 6.07) is 6.14. The molecule has 1 aromatic rings. The third kappa shape index (κ3) is 3.92. The van der Waals surface area contributed by atoms with Crippen LogP contribution in [0.4, 0.5) is 5.69 Å². The molecule has 1 aliphatic rings. The maximum atomic E-state index is 12.5. The Hall–Kier alpha value is -1.84. The first-order valence-electron chi connectivity index (χ1n) is 8.63. The largest absolute Gasteiger partial charge is 0.356 e. The van der Waals surface area contributed by atoms with Crippen molar-refractivity contribution in [3.05, 3.63) is 29.3 Å². The van der Waals surface area contributed by atoms with Gasteiger partial charge in [-0.05, 0) is 30.4 Å². The Balaban J connectivity index is 2.17. The molecule has 0 aromatic heterocycles. The molecule has 1 aliphatic heterocycles. The number of nitrogens with one attached hydrogen (secondary N) is 1. The molecule has 23 heavy (non-hydrogen) atoms. The summed E-state index contributed by atoms with van der Waals surface area (Å²) in [5.41, 5.74) is 3.26. The summed E-state index contributed by atoms with van der Waals surface area (Å²) in [6.45, 7) is 9.58. The van der Waals surface area contributed by atoms with E-state index in [9.17, 15) is 9.59 Å². The quantitative estimate of drug-likeness (QED) is 0.818. The van der Waals surface area contributed by atoms with Crippen LogP contribution in [0.1, 0.15) is 57.1 Å². The van der Waals surface area contributed by atoms with Gasteiger partial charge in [-0.2, -0.15) is 0 Å². The van der Waals surface area contributed by atoms with Crippen molar-refractivity contribution in [2.75, 3.05) is 18.0 Å². The van der Waals surface area contributed by atoms with Crippen LogP contribution in [0.3, 0.4) is 0 Å². The second kappa shape index (κ2) is 7.62. The monoisotopic (exact) mass is 316 g/mol. The molecule has 1 saturated heterocycles. The zero-order valence-corrected chi connectivity index (χ0v) is 14.7. The molecule has 2 amide bonds. The highest BCUT2D eigenvalue weighted by molar-refractivity contribution is 6.01. The molecule has 0 saturated carbocycles. The first kappa shape index (κ1) is 17.5. The van der Waals surface area contributed by atoms with Crippen molar-refractivity contribution < 1.29 is 9.59 Å². The molecule has 4 nitrogen and oxygen atoms in total. The van der Waals surface area contributed by atoms with E-state index in [0.29, 0.717) is 25.4 Å². The zero-order valence-electron chi connectivity index (χ0n) is 14.7. The van der Waals surface area contributed by atoms with Crippen molar-refractivity contribution in [2.45, 2.75) is 52.9 Å². The van der Waals surface area contributed by atoms with E-state index in [1.54, 1.807) is 0 Å². The molecule has 1 aromatic carbocycles. The summed E-state index contributed by atoms with van der Waals surface area (Å²) in [4.78, 5) is 26.6. The Labute approximate surface area is 139 Å². The van der Waals surface area contributed by atoms with Crippen molar-refractivity contribution in [3.8, 4) is 0 Å². The number of rotatable bonds is 6. The van der Waals surface area contributed by atoms with Gasteiger partial charge in [0.25, 0.3) is 0 Å². The third-order valence-corrected chi connectivity index (χ3v) is 4.49. The number of hydrogen-bond acceptors (Lipinski definition) is 2. The van der Waals surface area contributed by atoms with Crippen LogP contribution in [-0.2, 0) is 9.59 Å². The van der Waals surface area contributed by atoms with E-state index in [4.69, 9.17) is 0 Å². The topological polar surface area (TPSA) is 49.4 Å². The van der Waals surface area contributed by atoms with E-state index < -0.39 is 0 Å². The number of benzene rings is 1. The van der Waals surface area contributed by atoms with Gasteiger partial charge in [-0.1, -0.05) is 45.4 Å². The lowest BCUT2D eigenvalue weighted by Gasteiger charge is -2.24. The van der Waals surface area contributed by atoms with Crippen molar-refractivity contribution in [1.82, 2.24) is 5.32 Å². The lowest BCUT2D eigenvalue weighted by atomic mass is 9.97. The average Bonchev–Trinajstić information content (AvgIpc) is 2.88. The SMILES string of the molecule is CCCCNC(=O)C1CC(=O)N(c2c(C)cccc2C(C)C)C1. The number of unbranched alkanes of at least 4 members (excludes halogenated alkanes) is 1. The van der Waals surface area contributed by atoms with Gasteiger partial charge >= 0.3 is 0 Å². The normalized spacial score (nSPS) is 17.9. The molecule has 0 bridgehead atoms. The van der Waals surface area contributed by atoms with E-state index in [1.807, 2.05) is 24.0 Å². The summed E-state index contributed by atoms with van der Waals surface area (Å²) in [7, 11) is 0. The number of hydrogen-bond donors (Lipinski definition) is 1. The number of carbonyl (C=O) groups excluding carboxylic acids is 2. The summed E-state index contributed by atoms with van der Waals surface area (Å²) < 4.78 is 0. The van der Waals surface area contributed by atoms with Gasteiger partial charge in [0.2, 0.25) is 11.8 Å². The predicted octanol–water partition coefficient (Wildman–Crippen LogP) is 3.39. The Kier molecular flexibility index (Phi) is 5.80. The minimum atomic E-state index is -0.237. The predicted molar refractivity (Wildman–Crippen MR) is 93.6 cm³/mol. The van der Waals surface area contributed by atoms with Crippen molar-refractivity contribution in [1.29, 1.82) is 0 Å². The van der Waals surface area contributed by atoms with Crippen LogP contribution >= 0.6 is 0 Å². The van der Waals surface area contributed by atoms with E-state index >= 15 is 0 Å². The Morgan fingerprint density at radius 1 is 1.39 bits per heavy atom. The van der Waals surface area contributed by atoms with Crippen LogP contribution in [0.25, 0.3) is 0 Å². The lowest BCUT2D eigenvalue weighted by Crippen LogP contribution is -2.33. The van der Waals surface area contributed by atoms with Gasteiger partial charge in [0.1, 0.15) is 0 Å². The molecule has 1 fully saturated rings. The van der Waals surface area contributed by atoms with Crippen LogP contribution in [0.15, 0.2) is 18.2 Å². The number of para-hydroxylation sites is 1. The Morgan fingerprint density at radius 3 is 2.78 bits per heavy atom. The molecule has 0 radical (unpaired) electrons. The highest BCUT2D eigenvalue weighted by Crippen LogP contribution is 2.34. The third-order valence-electron chi connectivity index (χ3n) is 4.49. The van der Waals surface area contributed by atoms with Gasteiger partial charge in [-0.25, -0.2) is 0 Å². The number of carbonyl (C=O) groups is 2. The van der Waals surface area contributed by atoms with Crippen LogP contribution in [0.2, 0.25) is 0 Å². The highest BCUT2D eigenvalue weighted by Gasteiger charge is 2.36. The van der Waals surface area contributed by atoms with Gasteiger partial charge in [0.05, 0.1) is 5.92 Å². The van der Waals surface area contributed by atoms with Crippen LogP contribution in [-0.4, -0.2) is 24.9 Å². The summed E-state index contributed by atoms with van der Waals surface area (Å²) in [5.74, 6) is 0.167. The molecule has 126 valence electrons. The lowest BCUT2D eigenvalue weighted by molar-refractivity contribution is -0.126. The molecule has 1 unspecified atom stereocenters. The van der Waals surface area contributed by atoms with Crippen molar-refractivity contribution in [2.24, 2.45) is 5.92 Å². The molecule has 0 spiro atoms. The zero-order chi connectivity index (χ0) is 17.0. The van der Waals surface area contributed by atoms with E-state index in [0.717, 1.165) is 24.1 Å². The Bertz CT molecular complexity index is 581. The van der Waals surface area contributed by atoms with Crippen LogP contribution in [0.5, 0.6) is 0 Å². The molecule has 0 aliphatic carbocycles. The summed E-state index contributed by atoms with van der Waals surface area (Å²) >= 11 is 0. The molecular formula is C19H28N2O2. The summed E-state index contributed by atoms with van der Waals surface area (Å²) in [6.07, 6.45) is 2.34. The van der Waals surface area contributed by atoms with Gasteiger partial charge in [0.15, 0.2) is 0 Å². The standard InChI is InChI=1S/C19H28N2O2/c1-5-6-10-20-19(23)15-11-17(22)21(12-15)18-14(4)8-7-9-16(18)13(2)3/h7-9,13,15H,5-6,10-12H2,1-4H3,(H,20,23). The van der Waals surface area contributed by atoms with Gasteiger partial charge in [-0.3, -0.25) is 9.59 Å². The molecule has 1 heterocycles. The molecular weight excluding hydrogens is 288 g/mol. The first-order chi connectivity index (χ1) is 11.0. The smallest absolute Gasteiger partial charge is 0.227 e. The van der Waals surface area contributed by atoms with Crippen molar-refractivity contribution in [3.63, 3.8) is 0 Å². The maximum absolute atomic E-state index is 12.5. The van der Waals surface area contributed by atoms with E-state index in [2.05, 4.69) is 32.2 Å². The number of nitrogens with zero attached hydrogens (tertiary/aromatic N) is 1. The molecule has 4 heteroatoms. The second-order valence-electron chi connectivity index (χ2n) is 6.72. The maximum Gasteiger partial charge on any atom is 0.227 e. The fourth-order valence-corrected chi connectivity index (χ4v) is 3.15. The fourth-order valence-electron chi connectivity index (χ4n) is 3.15. The number of amides is 2. The van der Waals surface area contributed by atoms with Gasteiger partial charge in [-0.15, -0.1) is 0 Å². The van der Waals surface area contributed by atoms with Gasteiger partial charge < -0.3 is 10.2 Å². The number of aryl methyl sites for hydroxylation is 1. The van der Waals surface area contributed by atoms with Crippen LogP contribution < -0.4 is 10.2 Å². The highest BCUT2D eigenvalue weighted by atomic mass is 16.2. The second-order valence-corrected chi connectivity index (χ2v) is 6.72. The summed E-state index contributed by atoms with van der Waals surface area (Å²) in [5, 5.41) is 2.95. The van der Waals surface area contributed by atoms with Crippen LogP contribution in [0, 0.1) is 12.8 Å². The molecule has 2 rings (SSSR count). The van der Waals surface area contributed by atoms with E-state index in [1.165, 1.54) is 5.56 Å².